The molecule has 0 fully saturated rings. The Hall–Kier alpha value is -4.10. The highest BCUT2D eigenvalue weighted by Crippen LogP contribution is 2.56. The highest BCUT2D eigenvalue weighted by molar-refractivity contribution is 5.82. The Labute approximate surface area is 308 Å². The van der Waals surface area contributed by atoms with Gasteiger partial charge in [-0.15, -0.1) is 0 Å². The maximum Gasteiger partial charge on any atom is 0.0464 e. The minimum Gasteiger partial charge on any atom is -0.355 e. The molecule has 0 heterocycles. The van der Waals surface area contributed by atoms with Crippen molar-refractivity contribution in [2.75, 3.05) is 5.32 Å². The lowest BCUT2D eigenvalue weighted by Crippen LogP contribution is -2.41. The lowest BCUT2D eigenvalue weighted by atomic mass is 9.55. The van der Waals surface area contributed by atoms with Crippen molar-refractivity contribution in [3.05, 3.63) is 153 Å². The van der Waals surface area contributed by atoms with E-state index in [1.54, 1.807) is 0 Å². The van der Waals surface area contributed by atoms with E-state index >= 15 is 0 Å². The van der Waals surface area contributed by atoms with Gasteiger partial charge < -0.3 is 5.32 Å². The van der Waals surface area contributed by atoms with Gasteiger partial charge in [-0.25, -0.2) is 0 Å². The van der Waals surface area contributed by atoms with E-state index in [-0.39, 0.29) is 32.5 Å². The maximum absolute atomic E-state index is 3.92. The smallest absolute Gasteiger partial charge is 0.0464 e. The van der Waals surface area contributed by atoms with Crippen molar-refractivity contribution in [2.45, 2.75) is 129 Å². The van der Waals surface area contributed by atoms with Gasteiger partial charge in [0.2, 0.25) is 0 Å². The van der Waals surface area contributed by atoms with Crippen LogP contribution in [0.2, 0.25) is 0 Å². The molecule has 7 rings (SSSR count). The molecule has 0 unspecified atom stereocenters. The second-order valence-corrected chi connectivity index (χ2v) is 19.7. The van der Waals surface area contributed by atoms with Gasteiger partial charge in [-0.3, -0.25) is 0 Å². The fraction of sp³-hybridized carbons (Fsp3) is 0.400. The summed E-state index contributed by atoms with van der Waals surface area (Å²) in [5.41, 5.74) is 18.7. The van der Waals surface area contributed by atoms with Crippen LogP contribution in [0.15, 0.2) is 97.1 Å². The highest BCUT2D eigenvalue weighted by Gasteiger charge is 2.47. The molecule has 0 aliphatic heterocycles. The SMILES string of the molecule is CC(C)(C)c1ccc(-c2cc(C(C)(C)C)ccc2Nc2ccc3c(c2)C(C)(C)c2cc4c(cc2C3(C)C)C(C)(C)c2ccccc2C4(C)C)cc1. The molecular weight excluding hydrogens is 615 g/mol. The Kier molecular flexibility index (Phi) is 7.75. The van der Waals surface area contributed by atoms with Crippen molar-refractivity contribution >= 4 is 11.4 Å². The normalized spacial score (nSPS) is 17.8. The third-order valence-corrected chi connectivity index (χ3v) is 12.7. The van der Waals surface area contributed by atoms with Gasteiger partial charge in [-0.2, -0.15) is 0 Å². The largest absolute Gasteiger partial charge is 0.355 e. The summed E-state index contributed by atoms with van der Waals surface area (Å²) in [4.78, 5) is 0. The van der Waals surface area contributed by atoms with Gasteiger partial charge in [-0.05, 0) is 96.3 Å². The molecule has 0 atom stereocenters. The van der Waals surface area contributed by atoms with E-state index in [1.807, 2.05) is 0 Å². The number of hydrogen-bond acceptors (Lipinski definition) is 1. The zero-order valence-corrected chi connectivity index (χ0v) is 33.7. The summed E-state index contributed by atoms with van der Waals surface area (Å²) in [5.74, 6) is 0. The van der Waals surface area contributed by atoms with E-state index in [4.69, 9.17) is 0 Å². The molecule has 0 saturated heterocycles. The first kappa shape index (κ1) is 35.3. The van der Waals surface area contributed by atoms with Crippen LogP contribution in [0.4, 0.5) is 11.4 Å². The molecular formula is C50H59N. The highest BCUT2D eigenvalue weighted by atomic mass is 14.9. The average molecular weight is 674 g/mol. The predicted molar refractivity (Wildman–Crippen MR) is 220 cm³/mol. The van der Waals surface area contributed by atoms with E-state index in [0.717, 1.165) is 11.4 Å². The van der Waals surface area contributed by atoms with Crippen molar-refractivity contribution in [3.8, 4) is 11.1 Å². The summed E-state index contributed by atoms with van der Waals surface area (Å²) < 4.78 is 0. The van der Waals surface area contributed by atoms with Crippen LogP contribution in [-0.4, -0.2) is 0 Å². The van der Waals surface area contributed by atoms with Crippen molar-refractivity contribution in [2.24, 2.45) is 0 Å². The number of anilines is 2. The molecule has 1 nitrogen and oxygen atoms in total. The Morgan fingerprint density at radius 3 is 1.27 bits per heavy atom. The van der Waals surface area contributed by atoms with Gasteiger partial charge in [-0.1, -0.05) is 170 Å². The van der Waals surface area contributed by atoms with Gasteiger partial charge in [0.15, 0.2) is 0 Å². The third-order valence-electron chi connectivity index (χ3n) is 12.7. The number of hydrogen-bond donors (Lipinski definition) is 1. The summed E-state index contributed by atoms with van der Waals surface area (Å²) >= 11 is 0. The minimum atomic E-state index is -0.175. The molecule has 1 heteroatoms. The number of benzene rings is 5. The van der Waals surface area contributed by atoms with Gasteiger partial charge >= 0.3 is 0 Å². The van der Waals surface area contributed by atoms with Crippen LogP contribution in [0.1, 0.15) is 153 Å². The Balaban J connectivity index is 1.34. The molecule has 2 aliphatic rings. The summed E-state index contributed by atoms with van der Waals surface area (Å²) in [6, 6.07) is 37.6. The third kappa shape index (κ3) is 5.49. The van der Waals surface area contributed by atoms with Crippen LogP contribution in [0.5, 0.6) is 0 Å². The fourth-order valence-corrected chi connectivity index (χ4v) is 9.17. The van der Waals surface area contributed by atoms with Crippen molar-refractivity contribution in [3.63, 3.8) is 0 Å². The molecule has 0 bridgehead atoms. The summed E-state index contributed by atoms with van der Waals surface area (Å²) in [5, 5.41) is 3.92. The fourth-order valence-electron chi connectivity index (χ4n) is 9.17. The first-order valence-electron chi connectivity index (χ1n) is 19.0. The monoisotopic (exact) mass is 673 g/mol. The molecule has 0 amide bonds. The first-order valence-corrected chi connectivity index (χ1v) is 19.0. The van der Waals surface area contributed by atoms with Crippen molar-refractivity contribution in [1.82, 2.24) is 0 Å². The summed E-state index contributed by atoms with van der Waals surface area (Å²) in [6.45, 7) is 33.1. The molecule has 5 aromatic rings. The first-order chi connectivity index (χ1) is 23.6. The van der Waals surface area contributed by atoms with Gasteiger partial charge in [0, 0.05) is 38.6 Å². The zero-order chi connectivity index (χ0) is 37.1. The molecule has 0 saturated carbocycles. The molecule has 51 heavy (non-hydrogen) atoms. The van der Waals surface area contributed by atoms with Crippen LogP contribution in [0.3, 0.4) is 0 Å². The summed E-state index contributed by atoms with van der Waals surface area (Å²) in [7, 11) is 0. The maximum atomic E-state index is 3.92. The molecule has 0 aromatic heterocycles. The zero-order valence-electron chi connectivity index (χ0n) is 33.7. The second-order valence-electron chi connectivity index (χ2n) is 19.7. The molecule has 264 valence electrons. The van der Waals surface area contributed by atoms with Crippen molar-refractivity contribution in [1.29, 1.82) is 0 Å². The van der Waals surface area contributed by atoms with E-state index in [2.05, 4.69) is 199 Å². The topological polar surface area (TPSA) is 12.0 Å². The average Bonchev–Trinajstić information content (AvgIpc) is 3.06. The van der Waals surface area contributed by atoms with E-state index < -0.39 is 0 Å². The molecule has 2 aliphatic carbocycles. The standard InChI is InChI=1S/C50H59N/c1-45(2,3)32-21-19-31(20-22-32)35-27-33(46(4,5)6)23-26-44(35)51-34-24-25-38-39(28-34)50(13,14)43-30-41-40(29-42(43)49(38,11)12)47(7,8)36-17-15-16-18-37(36)48(41,9)10/h15-30,51H,1-14H3. The quantitative estimate of drug-likeness (QED) is 0.201. The lowest BCUT2D eigenvalue weighted by molar-refractivity contribution is 0.492. The minimum absolute atomic E-state index is 0.0541. The van der Waals surface area contributed by atoms with Gasteiger partial charge in [0.25, 0.3) is 0 Å². The van der Waals surface area contributed by atoms with E-state index in [9.17, 15) is 0 Å². The van der Waals surface area contributed by atoms with Crippen LogP contribution < -0.4 is 5.32 Å². The molecule has 5 aromatic carbocycles. The number of fused-ring (bicyclic) bond motifs is 4. The Bertz CT molecular complexity index is 2170. The number of rotatable bonds is 3. The molecule has 1 N–H and O–H groups in total. The van der Waals surface area contributed by atoms with E-state index in [1.165, 1.54) is 66.8 Å². The van der Waals surface area contributed by atoms with Crippen LogP contribution in [0.25, 0.3) is 11.1 Å². The van der Waals surface area contributed by atoms with Gasteiger partial charge in [0.05, 0.1) is 0 Å². The molecule has 0 radical (unpaired) electrons. The van der Waals surface area contributed by atoms with E-state index in [0.29, 0.717) is 0 Å². The van der Waals surface area contributed by atoms with Crippen LogP contribution in [-0.2, 0) is 32.5 Å². The van der Waals surface area contributed by atoms with Crippen molar-refractivity contribution < 1.29 is 0 Å². The lowest BCUT2D eigenvalue weighted by Gasteiger charge is -2.49. The number of nitrogens with one attached hydrogen (secondary N) is 1. The van der Waals surface area contributed by atoms with Crippen LogP contribution >= 0.6 is 0 Å². The summed E-state index contributed by atoms with van der Waals surface area (Å²) in [6.07, 6.45) is 0. The molecule has 0 spiro atoms. The Morgan fingerprint density at radius 2 is 0.804 bits per heavy atom. The Morgan fingerprint density at radius 1 is 0.392 bits per heavy atom. The second kappa shape index (κ2) is 11.2. The van der Waals surface area contributed by atoms with Crippen LogP contribution in [0, 0.1) is 0 Å². The predicted octanol–water partition coefficient (Wildman–Crippen LogP) is 13.6. The van der Waals surface area contributed by atoms with Gasteiger partial charge in [0.1, 0.15) is 0 Å².